The third-order valence-electron chi connectivity index (χ3n) is 2.71. The average molecular weight is 255 g/mol. The molecule has 0 aromatic heterocycles. The molecule has 0 unspecified atom stereocenters. The molecular formula is C15H17N3O. The molecule has 0 saturated carbocycles. The topological polar surface area (TPSA) is 37.2 Å². The molecule has 2 aromatic rings. The maximum Gasteiger partial charge on any atom is 0.148 e. The van der Waals surface area contributed by atoms with Gasteiger partial charge in [-0.25, -0.2) is 0 Å². The van der Waals surface area contributed by atoms with Crippen LogP contribution in [0.1, 0.15) is 0 Å². The summed E-state index contributed by atoms with van der Waals surface area (Å²) in [6, 6.07) is 15.5. The molecule has 0 fully saturated rings. The third-order valence-corrected chi connectivity index (χ3v) is 2.71. The van der Waals surface area contributed by atoms with Crippen LogP contribution in [0.3, 0.4) is 0 Å². The summed E-state index contributed by atoms with van der Waals surface area (Å²) >= 11 is 0. The molecule has 19 heavy (non-hydrogen) atoms. The highest BCUT2D eigenvalue weighted by Gasteiger charge is 2.04. The summed E-state index contributed by atoms with van der Waals surface area (Å²) in [5.74, 6) is 0.714. The summed E-state index contributed by atoms with van der Waals surface area (Å²) in [5.41, 5.74) is 2.61. The van der Waals surface area contributed by atoms with Crippen LogP contribution in [0.2, 0.25) is 0 Å². The molecule has 0 aliphatic rings. The number of hydrogen-bond donors (Lipinski definition) is 0. The molecular weight excluding hydrogens is 238 g/mol. The van der Waals surface area contributed by atoms with E-state index in [4.69, 9.17) is 4.74 Å². The van der Waals surface area contributed by atoms with E-state index in [-0.39, 0.29) is 0 Å². The molecule has 98 valence electrons. The van der Waals surface area contributed by atoms with Gasteiger partial charge in [-0.15, -0.1) is 5.11 Å². The zero-order chi connectivity index (χ0) is 13.7. The zero-order valence-corrected chi connectivity index (χ0v) is 11.4. The van der Waals surface area contributed by atoms with Crippen molar-refractivity contribution in [2.75, 3.05) is 26.1 Å². The van der Waals surface area contributed by atoms with Crippen molar-refractivity contribution in [1.29, 1.82) is 0 Å². The molecule has 0 N–H and O–H groups in total. The van der Waals surface area contributed by atoms with E-state index in [1.165, 1.54) is 0 Å². The van der Waals surface area contributed by atoms with Gasteiger partial charge in [0.05, 0.1) is 12.8 Å². The second-order valence-electron chi connectivity index (χ2n) is 4.29. The molecule has 0 amide bonds. The summed E-state index contributed by atoms with van der Waals surface area (Å²) in [7, 11) is 5.61. The SMILES string of the molecule is COc1cc(N(C)C)ccc1/N=N/c1ccccc1. The molecule has 0 saturated heterocycles. The van der Waals surface area contributed by atoms with Gasteiger partial charge in [-0.3, -0.25) is 0 Å². The molecule has 0 heterocycles. The summed E-state index contributed by atoms with van der Waals surface area (Å²) in [6.07, 6.45) is 0. The summed E-state index contributed by atoms with van der Waals surface area (Å²) in [6.45, 7) is 0. The molecule has 2 rings (SSSR count). The van der Waals surface area contributed by atoms with Crippen LogP contribution >= 0.6 is 0 Å². The number of hydrogen-bond acceptors (Lipinski definition) is 4. The maximum atomic E-state index is 5.34. The van der Waals surface area contributed by atoms with Crippen molar-refractivity contribution in [3.8, 4) is 5.75 Å². The van der Waals surface area contributed by atoms with Gasteiger partial charge in [-0.05, 0) is 24.3 Å². The number of azo groups is 1. The van der Waals surface area contributed by atoms with Crippen molar-refractivity contribution in [3.63, 3.8) is 0 Å². The number of nitrogens with zero attached hydrogens (tertiary/aromatic N) is 3. The Bertz CT molecular complexity index is 565. The number of benzene rings is 2. The van der Waals surface area contributed by atoms with Crippen LogP contribution < -0.4 is 9.64 Å². The Labute approximate surface area is 113 Å². The van der Waals surface area contributed by atoms with Crippen LogP contribution in [0.25, 0.3) is 0 Å². The Morgan fingerprint density at radius 1 is 0.947 bits per heavy atom. The lowest BCUT2D eigenvalue weighted by molar-refractivity contribution is 0.416. The number of ether oxygens (including phenoxy) is 1. The van der Waals surface area contributed by atoms with Gasteiger partial charge in [0.1, 0.15) is 11.4 Å². The summed E-state index contributed by atoms with van der Waals surface area (Å²) < 4.78 is 5.34. The fraction of sp³-hybridized carbons (Fsp3) is 0.200. The highest BCUT2D eigenvalue weighted by molar-refractivity contribution is 5.61. The molecule has 4 heteroatoms. The van der Waals surface area contributed by atoms with E-state index >= 15 is 0 Å². The average Bonchev–Trinajstić information content (AvgIpc) is 2.45. The normalized spacial score (nSPS) is 10.7. The van der Waals surface area contributed by atoms with E-state index in [0.717, 1.165) is 17.1 Å². The van der Waals surface area contributed by atoms with Crippen molar-refractivity contribution in [2.45, 2.75) is 0 Å². The second-order valence-corrected chi connectivity index (χ2v) is 4.29. The molecule has 0 spiro atoms. The van der Waals surface area contributed by atoms with E-state index in [9.17, 15) is 0 Å². The van der Waals surface area contributed by atoms with Crippen LogP contribution in [0.4, 0.5) is 17.1 Å². The number of methoxy groups -OCH3 is 1. The highest BCUT2D eigenvalue weighted by Crippen LogP contribution is 2.32. The zero-order valence-electron chi connectivity index (χ0n) is 11.4. The van der Waals surface area contributed by atoms with Crippen molar-refractivity contribution in [1.82, 2.24) is 0 Å². The van der Waals surface area contributed by atoms with Gasteiger partial charge in [0.15, 0.2) is 0 Å². The largest absolute Gasteiger partial charge is 0.494 e. The third kappa shape index (κ3) is 3.31. The summed E-state index contributed by atoms with van der Waals surface area (Å²) in [5, 5.41) is 8.42. The molecule has 0 atom stereocenters. The Balaban J connectivity index is 2.28. The van der Waals surface area contributed by atoms with E-state index < -0.39 is 0 Å². The van der Waals surface area contributed by atoms with Crippen LogP contribution in [0, 0.1) is 0 Å². The van der Waals surface area contributed by atoms with Crippen molar-refractivity contribution >= 4 is 17.1 Å². The monoisotopic (exact) mass is 255 g/mol. The standard InChI is InChI=1S/C15H17N3O/c1-18(2)13-9-10-14(15(11-13)19-3)17-16-12-7-5-4-6-8-12/h4-11H,1-3H3/b17-16+. The van der Waals surface area contributed by atoms with Gasteiger partial charge >= 0.3 is 0 Å². The fourth-order valence-electron chi connectivity index (χ4n) is 1.63. The molecule has 0 aliphatic carbocycles. The van der Waals surface area contributed by atoms with E-state index in [1.54, 1.807) is 7.11 Å². The Kier molecular flexibility index (Phi) is 4.13. The van der Waals surface area contributed by atoms with E-state index in [1.807, 2.05) is 67.5 Å². The maximum absolute atomic E-state index is 5.34. The minimum atomic E-state index is 0.714. The minimum Gasteiger partial charge on any atom is -0.494 e. The van der Waals surface area contributed by atoms with Crippen LogP contribution in [-0.4, -0.2) is 21.2 Å². The minimum absolute atomic E-state index is 0.714. The smallest absolute Gasteiger partial charge is 0.148 e. The molecule has 0 aliphatic heterocycles. The number of rotatable bonds is 4. The molecule has 2 aromatic carbocycles. The molecule has 0 radical (unpaired) electrons. The van der Waals surface area contributed by atoms with Crippen LogP contribution in [0.5, 0.6) is 5.75 Å². The first kappa shape index (κ1) is 13.1. The predicted octanol–water partition coefficient (Wildman–Crippen LogP) is 4.18. The fourth-order valence-corrected chi connectivity index (χ4v) is 1.63. The lowest BCUT2D eigenvalue weighted by atomic mass is 10.2. The first-order chi connectivity index (χ1) is 9.20. The number of anilines is 1. The van der Waals surface area contributed by atoms with Gasteiger partial charge in [-0.1, -0.05) is 18.2 Å². The summed E-state index contributed by atoms with van der Waals surface area (Å²) in [4.78, 5) is 2.01. The van der Waals surface area contributed by atoms with Crippen molar-refractivity contribution in [2.24, 2.45) is 10.2 Å². The lowest BCUT2D eigenvalue weighted by Crippen LogP contribution is -2.08. The Hall–Kier alpha value is -2.36. The van der Waals surface area contributed by atoms with Gasteiger partial charge in [0.2, 0.25) is 0 Å². The van der Waals surface area contributed by atoms with E-state index in [0.29, 0.717) is 5.75 Å². The van der Waals surface area contributed by atoms with Gasteiger partial charge in [0, 0.05) is 25.8 Å². The van der Waals surface area contributed by atoms with E-state index in [2.05, 4.69) is 10.2 Å². The highest BCUT2D eigenvalue weighted by atomic mass is 16.5. The predicted molar refractivity (Wildman–Crippen MR) is 77.9 cm³/mol. The van der Waals surface area contributed by atoms with Gasteiger partial charge in [-0.2, -0.15) is 5.11 Å². The van der Waals surface area contributed by atoms with Crippen LogP contribution in [-0.2, 0) is 0 Å². The molecule has 0 bridgehead atoms. The first-order valence-electron chi connectivity index (χ1n) is 6.03. The Morgan fingerprint density at radius 2 is 1.68 bits per heavy atom. The first-order valence-corrected chi connectivity index (χ1v) is 6.03. The second kappa shape index (κ2) is 6.00. The van der Waals surface area contributed by atoms with Crippen molar-refractivity contribution in [3.05, 3.63) is 48.5 Å². The van der Waals surface area contributed by atoms with Crippen molar-refractivity contribution < 1.29 is 4.74 Å². The quantitative estimate of drug-likeness (QED) is 0.769. The van der Waals surface area contributed by atoms with Crippen LogP contribution in [0.15, 0.2) is 58.8 Å². The van der Waals surface area contributed by atoms with Gasteiger partial charge in [0.25, 0.3) is 0 Å². The van der Waals surface area contributed by atoms with Gasteiger partial charge < -0.3 is 9.64 Å². The molecule has 4 nitrogen and oxygen atoms in total. The lowest BCUT2D eigenvalue weighted by Gasteiger charge is -2.14. The Morgan fingerprint density at radius 3 is 2.32 bits per heavy atom.